The Balaban J connectivity index is 1.79. The Hall–Kier alpha value is -2.21. The van der Waals surface area contributed by atoms with Crippen molar-refractivity contribution in [2.24, 2.45) is 0 Å². The highest BCUT2D eigenvalue weighted by Crippen LogP contribution is 2.31. The predicted molar refractivity (Wildman–Crippen MR) is 79.6 cm³/mol. The van der Waals surface area contributed by atoms with E-state index in [9.17, 15) is 13.2 Å². The van der Waals surface area contributed by atoms with Crippen LogP contribution in [-0.2, 0) is 12.6 Å². The first kappa shape index (κ1) is 14.7. The molecule has 0 amide bonds. The Morgan fingerprint density at radius 1 is 0.909 bits per heavy atom. The second-order valence-corrected chi connectivity index (χ2v) is 5.51. The van der Waals surface area contributed by atoms with E-state index in [4.69, 9.17) is 0 Å². The summed E-state index contributed by atoms with van der Waals surface area (Å²) in [6.45, 7) is 0. The minimum Gasteiger partial charge on any atom is -0.219 e. The number of benzene rings is 2. The molecule has 0 N–H and O–H groups in total. The van der Waals surface area contributed by atoms with Crippen LogP contribution in [0.5, 0.6) is 0 Å². The number of nitrogens with zero attached hydrogens (tertiary/aromatic N) is 2. The summed E-state index contributed by atoms with van der Waals surface area (Å²) >= 11 is 1.19. The summed E-state index contributed by atoms with van der Waals surface area (Å²) in [5.74, 6) is 0.672. The van der Waals surface area contributed by atoms with Crippen LogP contribution in [0.1, 0.15) is 17.0 Å². The van der Waals surface area contributed by atoms with Crippen LogP contribution in [0.25, 0.3) is 10.6 Å². The first-order valence-corrected chi connectivity index (χ1v) is 7.34. The van der Waals surface area contributed by atoms with E-state index in [0.717, 1.165) is 17.7 Å². The molecule has 0 saturated carbocycles. The monoisotopic (exact) mass is 320 g/mol. The molecule has 0 fully saturated rings. The summed E-state index contributed by atoms with van der Waals surface area (Å²) in [6.07, 6.45) is -3.71. The van der Waals surface area contributed by atoms with E-state index in [2.05, 4.69) is 9.36 Å². The van der Waals surface area contributed by atoms with Crippen LogP contribution in [0.15, 0.2) is 54.6 Å². The molecule has 0 aliphatic carbocycles. The van der Waals surface area contributed by atoms with E-state index >= 15 is 0 Å². The lowest BCUT2D eigenvalue weighted by Gasteiger charge is -2.06. The van der Waals surface area contributed by atoms with Gasteiger partial charge in [-0.25, -0.2) is 4.98 Å². The van der Waals surface area contributed by atoms with E-state index in [1.54, 1.807) is 0 Å². The zero-order valence-electron chi connectivity index (χ0n) is 11.3. The molecule has 0 spiro atoms. The van der Waals surface area contributed by atoms with Crippen molar-refractivity contribution in [2.75, 3.05) is 0 Å². The van der Waals surface area contributed by atoms with Crippen LogP contribution in [0, 0.1) is 0 Å². The normalized spacial score (nSPS) is 11.6. The molecule has 0 atom stereocenters. The summed E-state index contributed by atoms with van der Waals surface area (Å²) in [5, 5.41) is 0.625. The SMILES string of the molecule is FC(F)(F)c1ccc(-c2nc(Cc3ccccc3)ns2)cc1. The van der Waals surface area contributed by atoms with Crippen molar-refractivity contribution in [1.82, 2.24) is 9.36 Å². The Kier molecular flexibility index (Phi) is 3.94. The summed E-state index contributed by atoms with van der Waals surface area (Å²) in [6, 6.07) is 14.8. The number of rotatable bonds is 3. The van der Waals surface area contributed by atoms with E-state index in [1.165, 1.54) is 23.7 Å². The van der Waals surface area contributed by atoms with Crippen molar-refractivity contribution in [3.05, 3.63) is 71.5 Å². The molecule has 0 saturated heterocycles. The van der Waals surface area contributed by atoms with Crippen molar-refractivity contribution in [1.29, 1.82) is 0 Å². The molecule has 1 heterocycles. The van der Waals surface area contributed by atoms with Crippen LogP contribution in [0.3, 0.4) is 0 Å². The number of halogens is 3. The fourth-order valence-corrected chi connectivity index (χ4v) is 2.71. The van der Waals surface area contributed by atoms with Gasteiger partial charge in [0, 0.05) is 12.0 Å². The molecular formula is C16H11F3N2S. The minimum absolute atomic E-state index is 0.609. The third-order valence-electron chi connectivity index (χ3n) is 3.13. The molecule has 2 aromatic carbocycles. The maximum absolute atomic E-state index is 12.5. The number of alkyl halides is 3. The molecule has 112 valence electrons. The van der Waals surface area contributed by atoms with E-state index in [0.29, 0.717) is 22.8 Å². The average Bonchev–Trinajstić information content (AvgIpc) is 2.96. The average molecular weight is 320 g/mol. The molecule has 6 heteroatoms. The standard InChI is InChI=1S/C16H11F3N2S/c17-16(18,19)13-8-6-12(7-9-13)15-20-14(21-22-15)10-11-4-2-1-3-5-11/h1-9H,10H2. The van der Waals surface area contributed by atoms with E-state index < -0.39 is 11.7 Å². The van der Waals surface area contributed by atoms with Gasteiger partial charge in [-0.05, 0) is 29.2 Å². The van der Waals surface area contributed by atoms with Gasteiger partial charge in [-0.2, -0.15) is 17.5 Å². The molecule has 2 nitrogen and oxygen atoms in total. The Morgan fingerprint density at radius 2 is 1.59 bits per heavy atom. The number of hydrogen-bond acceptors (Lipinski definition) is 3. The highest BCUT2D eigenvalue weighted by Gasteiger charge is 2.30. The fraction of sp³-hybridized carbons (Fsp3) is 0.125. The molecule has 22 heavy (non-hydrogen) atoms. The van der Waals surface area contributed by atoms with Gasteiger partial charge in [0.2, 0.25) is 0 Å². The van der Waals surface area contributed by atoms with Gasteiger partial charge in [0.1, 0.15) is 10.8 Å². The van der Waals surface area contributed by atoms with Crippen LogP contribution in [0.2, 0.25) is 0 Å². The Bertz CT molecular complexity index is 749. The van der Waals surface area contributed by atoms with Crippen molar-refractivity contribution in [3.8, 4) is 10.6 Å². The third kappa shape index (κ3) is 3.33. The first-order valence-electron chi connectivity index (χ1n) is 6.56. The van der Waals surface area contributed by atoms with Gasteiger partial charge in [-0.1, -0.05) is 42.5 Å². The van der Waals surface area contributed by atoms with Crippen molar-refractivity contribution in [3.63, 3.8) is 0 Å². The second kappa shape index (κ2) is 5.88. The van der Waals surface area contributed by atoms with Crippen LogP contribution in [-0.4, -0.2) is 9.36 Å². The lowest BCUT2D eigenvalue weighted by Crippen LogP contribution is -2.03. The fourth-order valence-electron chi connectivity index (χ4n) is 2.02. The molecule has 3 rings (SSSR count). The van der Waals surface area contributed by atoms with Crippen molar-refractivity contribution in [2.45, 2.75) is 12.6 Å². The predicted octanol–water partition coefficient (Wildman–Crippen LogP) is 4.81. The Morgan fingerprint density at radius 3 is 2.23 bits per heavy atom. The van der Waals surface area contributed by atoms with E-state index in [1.807, 2.05) is 30.3 Å². The summed E-state index contributed by atoms with van der Waals surface area (Å²) < 4.78 is 41.9. The van der Waals surface area contributed by atoms with Gasteiger partial charge in [-0.15, -0.1) is 0 Å². The molecule has 3 aromatic rings. The molecule has 1 aromatic heterocycles. The minimum atomic E-state index is -4.32. The largest absolute Gasteiger partial charge is 0.416 e. The lowest BCUT2D eigenvalue weighted by atomic mass is 10.1. The highest BCUT2D eigenvalue weighted by molar-refractivity contribution is 7.09. The lowest BCUT2D eigenvalue weighted by molar-refractivity contribution is -0.137. The maximum Gasteiger partial charge on any atom is 0.416 e. The summed E-state index contributed by atoms with van der Waals surface area (Å²) in [7, 11) is 0. The van der Waals surface area contributed by atoms with Crippen LogP contribution in [0.4, 0.5) is 13.2 Å². The van der Waals surface area contributed by atoms with Gasteiger partial charge in [-0.3, -0.25) is 0 Å². The van der Waals surface area contributed by atoms with E-state index in [-0.39, 0.29) is 0 Å². The number of hydrogen-bond donors (Lipinski definition) is 0. The van der Waals surface area contributed by atoms with Gasteiger partial charge in [0.05, 0.1) is 5.56 Å². The van der Waals surface area contributed by atoms with Crippen LogP contribution < -0.4 is 0 Å². The zero-order valence-corrected chi connectivity index (χ0v) is 12.2. The second-order valence-electron chi connectivity index (χ2n) is 4.75. The quantitative estimate of drug-likeness (QED) is 0.692. The van der Waals surface area contributed by atoms with Gasteiger partial charge in [0.25, 0.3) is 0 Å². The molecular weight excluding hydrogens is 309 g/mol. The highest BCUT2D eigenvalue weighted by atomic mass is 32.1. The Labute approximate surface area is 129 Å². The van der Waals surface area contributed by atoms with Gasteiger partial charge in [0.15, 0.2) is 0 Å². The molecule has 0 unspecified atom stereocenters. The van der Waals surface area contributed by atoms with Crippen LogP contribution >= 0.6 is 11.5 Å². The number of aromatic nitrogens is 2. The third-order valence-corrected chi connectivity index (χ3v) is 3.93. The smallest absolute Gasteiger partial charge is 0.219 e. The molecule has 0 bridgehead atoms. The zero-order chi connectivity index (χ0) is 15.6. The molecule has 0 aliphatic heterocycles. The summed E-state index contributed by atoms with van der Waals surface area (Å²) in [5.41, 5.74) is 1.08. The maximum atomic E-state index is 12.5. The van der Waals surface area contributed by atoms with Gasteiger partial charge >= 0.3 is 6.18 Å². The first-order chi connectivity index (χ1) is 10.5. The molecule has 0 radical (unpaired) electrons. The topological polar surface area (TPSA) is 25.8 Å². The van der Waals surface area contributed by atoms with Crippen molar-refractivity contribution >= 4 is 11.5 Å². The van der Waals surface area contributed by atoms with Gasteiger partial charge < -0.3 is 0 Å². The van der Waals surface area contributed by atoms with Crippen molar-refractivity contribution < 1.29 is 13.2 Å². The molecule has 0 aliphatic rings. The summed E-state index contributed by atoms with van der Waals surface area (Å²) in [4.78, 5) is 4.39.